The highest BCUT2D eigenvalue weighted by Gasteiger charge is 2.42. The first-order chi connectivity index (χ1) is 7.39. The molecule has 0 aromatic carbocycles. The maximum atomic E-state index is 11.5. The number of sulfone groups is 1. The number of piperidine rings is 1. The molecule has 0 amide bonds. The van der Waals surface area contributed by atoms with Crippen molar-refractivity contribution in [3.8, 4) is 0 Å². The molecule has 4 unspecified atom stereocenters. The molecule has 2 saturated heterocycles. The molecule has 5 nitrogen and oxygen atoms in total. The van der Waals surface area contributed by atoms with E-state index in [0.717, 1.165) is 19.4 Å². The Hall–Kier alpha value is -0.170. The Morgan fingerprint density at radius 2 is 2.06 bits per heavy atom. The van der Waals surface area contributed by atoms with Gasteiger partial charge in [0.2, 0.25) is 0 Å². The van der Waals surface area contributed by atoms with Crippen molar-refractivity contribution >= 4 is 9.84 Å². The van der Waals surface area contributed by atoms with Gasteiger partial charge in [-0.25, -0.2) is 8.42 Å². The molecule has 0 radical (unpaired) electrons. The van der Waals surface area contributed by atoms with E-state index < -0.39 is 15.9 Å². The quantitative estimate of drug-likeness (QED) is 0.619. The average Bonchev–Trinajstić information content (AvgIpc) is 2.39. The Bertz CT molecular complexity index is 357. The first-order valence-corrected chi connectivity index (χ1v) is 7.61. The van der Waals surface area contributed by atoms with Gasteiger partial charge in [-0.15, -0.1) is 0 Å². The van der Waals surface area contributed by atoms with Crippen LogP contribution in [-0.2, 0) is 9.84 Å². The summed E-state index contributed by atoms with van der Waals surface area (Å²) in [5, 5.41) is 9.81. The summed E-state index contributed by atoms with van der Waals surface area (Å²) in [7, 11) is -3.05. The summed E-state index contributed by atoms with van der Waals surface area (Å²) in [5.41, 5.74) is 5.87. The normalized spacial score (nSPS) is 44.7. The summed E-state index contributed by atoms with van der Waals surface area (Å²) in [4.78, 5) is 2.11. The zero-order chi connectivity index (χ0) is 11.9. The van der Waals surface area contributed by atoms with Crippen LogP contribution in [0.25, 0.3) is 0 Å². The summed E-state index contributed by atoms with van der Waals surface area (Å²) in [6, 6.07) is 0.241. The van der Waals surface area contributed by atoms with E-state index in [2.05, 4.69) is 11.8 Å². The number of nitrogens with two attached hydrogens (primary N) is 1. The number of aliphatic hydroxyl groups is 1. The van der Waals surface area contributed by atoms with Crippen molar-refractivity contribution < 1.29 is 13.5 Å². The molecule has 2 heterocycles. The fourth-order valence-electron chi connectivity index (χ4n) is 2.85. The summed E-state index contributed by atoms with van der Waals surface area (Å²) in [6.45, 7) is 2.84. The van der Waals surface area contributed by atoms with E-state index in [1.807, 2.05) is 0 Å². The van der Waals surface area contributed by atoms with Crippen LogP contribution in [0, 0.1) is 0 Å². The third kappa shape index (κ3) is 2.40. The smallest absolute Gasteiger partial charge is 0.154 e. The van der Waals surface area contributed by atoms with Crippen molar-refractivity contribution in [2.24, 2.45) is 5.73 Å². The predicted octanol–water partition coefficient (Wildman–Crippen LogP) is -1.04. The number of rotatable bonds is 1. The molecule has 2 aliphatic heterocycles. The molecule has 0 bridgehead atoms. The summed E-state index contributed by atoms with van der Waals surface area (Å²) >= 11 is 0. The third-order valence-corrected chi connectivity index (χ3v) is 5.39. The van der Waals surface area contributed by atoms with Crippen molar-refractivity contribution in [2.45, 2.75) is 44.0 Å². The van der Waals surface area contributed by atoms with E-state index in [0.29, 0.717) is 0 Å². The maximum absolute atomic E-state index is 11.5. The highest BCUT2D eigenvalue weighted by molar-refractivity contribution is 7.91. The van der Waals surface area contributed by atoms with Gasteiger partial charge in [0.1, 0.15) is 0 Å². The van der Waals surface area contributed by atoms with Crippen LogP contribution in [0.2, 0.25) is 0 Å². The molecular weight excluding hydrogens is 228 g/mol. The molecule has 2 fully saturated rings. The lowest BCUT2D eigenvalue weighted by molar-refractivity contribution is 0.0361. The standard InChI is InChI=1S/C10H20N2O3S/c1-7-4-8(11)2-3-12(7)9-5-16(14,15)6-10(9)13/h7-10,13H,2-6,11H2,1H3. The second-order valence-corrected chi connectivity index (χ2v) is 7.24. The third-order valence-electron chi connectivity index (χ3n) is 3.69. The average molecular weight is 248 g/mol. The van der Waals surface area contributed by atoms with Crippen LogP contribution >= 0.6 is 0 Å². The van der Waals surface area contributed by atoms with E-state index >= 15 is 0 Å². The molecular formula is C10H20N2O3S. The molecule has 2 rings (SSSR count). The molecule has 0 spiro atoms. The van der Waals surface area contributed by atoms with Crippen LogP contribution in [-0.4, -0.2) is 60.7 Å². The summed E-state index contributed by atoms with van der Waals surface area (Å²) < 4.78 is 22.9. The minimum Gasteiger partial charge on any atom is -0.390 e. The molecule has 0 aliphatic carbocycles. The first kappa shape index (κ1) is 12.3. The number of likely N-dealkylation sites (tertiary alicyclic amines) is 1. The SMILES string of the molecule is CC1CC(N)CCN1C1CS(=O)(=O)CC1O. The lowest BCUT2D eigenvalue weighted by Gasteiger charge is -2.40. The van der Waals surface area contributed by atoms with Gasteiger partial charge in [0.05, 0.1) is 23.7 Å². The van der Waals surface area contributed by atoms with Crippen LogP contribution in [0.15, 0.2) is 0 Å². The molecule has 94 valence electrons. The van der Waals surface area contributed by atoms with Gasteiger partial charge in [0.25, 0.3) is 0 Å². The molecule has 2 aliphatic rings. The first-order valence-electron chi connectivity index (χ1n) is 5.79. The van der Waals surface area contributed by atoms with Gasteiger partial charge in [-0.05, 0) is 19.8 Å². The van der Waals surface area contributed by atoms with Gasteiger partial charge < -0.3 is 10.8 Å². The molecule has 16 heavy (non-hydrogen) atoms. The lowest BCUT2D eigenvalue weighted by Crippen LogP contribution is -2.53. The van der Waals surface area contributed by atoms with Crippen LogP contribution in [0.5, 0.6) is 0 Å². The highest BCUT2D eigenvalue weighted by Crippen LogP contribution is 2.25. The van der Waals surface area contributed by atoms with Gasteiger partial charge in [0, 0.05) is 18.6 Å². The van der Waals surface area contributed by atoms with Gasteiger partial charge in [-0.1, -0.05) is 0 Å². The molecule has 3 N–H and O–H groups in total. The zero-order valence-corrected chi connectivity index (χ0v) is 10.4. The Morgan fingerprint density at radius 3 is 2.56 bits per heavy atom. The minimum atomic E-state index is -3.05. The van der Waals surface area contributed by atoms with Gasteiger partial charge in [-0.3, -0.25) is 4.90 Å². The number of aliphatic hydroxyl groups excluding tert-OH is 1. The van der Waals surface area contributed by atoms with Gasteiger partial charge in [-0.2, -0.15) is 0 Å². The minimum absolute atomic E-state index is 0.0903. The monoisotopic (exact) mass is 248 g/mol. The van der Waals surface area contributed by atoms with E-state index in [1.54, 1.807) is 0 Å². The largest absolute Gasteiger partial charge is 0.390 e. The topological polar surface area (TPSA) is 83.6 Å². The maximum Gasteiger partial charge on any atom is 0.154 e. The Morgan fingerprint density at radius 1 is 1.38 bits per heavy atom. The predicted molar refractivity (Wildman–Crippen MR) is 61.8 cm³/mol. The van der Waals surface area contributed by atoms with Gasteiger partial charge >= 0.3 is 0 Å². The van der Waals surface area contributed by atoms with Crippen molar-refractivity contribution in [1.82, 2.24) is 4.90 Å². The fourth-order valence-corrected chi connectivity index (χ4v) is 4.66. The number of hydrogen-bond acceptors (Lipinski definition) is 5. The van der Waals surface area contributed by atoms with Crippen molar-refractivity contribution in [3.63, 3.8) is 0 Å². The van der Waals surface area contributed by atoms with Crippen LogP contribution in [0.1, 0.15) is 19.8 Å². The van der Waals surface area contributed by atoms with Crippen molar-refractivity contribution in [1.29, 1.82) is 0 Å². The number of hydrogen-bond donors (Lipinski definition) is 2. The fraction of sp³-hybridized carbons (Fsp3) is 1.00. The van der Waals surface area contributed by atoms with E-state index in [1.165, 1.54) is 0 Å². The second-order valence-electron chi connectivity index (χ2n) is 5.08. The van der Waals surface area contributed by atoms with Crippen molar-refractivity contribution in [2.75, 3.05) is 18.1 Å². The van der Waals surface area contributed by atoms with E-state index in [9.17, 15) is 13.5 Å². The highest BCUT2D eigenvalue weighted by atomic mass is 32.2. The summed E-state index contributed by atoms with van der Waals surface area (Å²) in [6.07, 6.45) is 1.03. The zero-order valence-electron chi connectivity index (χ0n) is 9.54. The van der Waals surface area contributed by atoms with Gasteiger partial charge in [0.15, 0.2) is 9.84 Å². The molecule has 0 saturated carbocycles. The Labute approximate surface area is 96.5 Å². The van der Waals surface area contributed by atoms with Crippen LogP contribution in [0.4, 0.5) is 0 Å². The molecule has 6 heteroatoms. The van der Waals surface area contributed by atoms with Crippen LogP contribution in [0.3, 0.4) is 0 Å². The molecule has 0 aromatic heterocycles. The summed E-state index contributed by atoms with van der Waals surface area (Å²) in [5.74, 6) is 0.000680. The molecule has 4 atom stereocenters. The van der Waals surface area contributed by atoms with Crippen molar-refractivity contribution in [3.05, 3.63) is 0 Å². The molecule has 0 aromatic rings. The Balaban J connectivity index is 2.08. The second kappa shape index (κ2) is 4.25. The van der Waals surface area contributed by atoms with E-state index in [4.69, 9.17) is 5.73 Å². The number of nitrogens with zero attached hydrogens (tertiary/aromatic N) is 1. The Kier molecular flexibility index (Phi) is 3.27. The van der Waals surface area contributed by atoms with E-state index in [-0.39, 0.29) is 29.6 Å². The van der Waals surface area contributed by atoms with Crippen LogP contribution < -0.4 is 5.73 Å². The lowest BCUT2D eigenvalue weighted by atomic mass is 9.96.